The van der Waals surface area contributed by atoms with Crippen molar-refractivity contribution in [1.82, 2.24) is 5.43 Å². The van der Waals surface area contributed by atoms with E-state index in [1.54, 1.807) is 23.5 Å². The second-order valence-corrected chi connectivity index (χ2v) is 6.33. The highest BCUT2D eigenvalue weighted by atomic mass is 32.2. The third-order valence-electron chi connectivity index (χ3n) is 2.73. The van der Waals surface area contributed by atoms with E-state index >= 15 is 0 Å². The molecular formula is C15H16N4S3. The monoisotopic (exact) mass is 348 g/mol. The van der Waals surface area contributed by atoms with Crippen molar-refractivity contribution in [2.45, 2.75) is 9.79 Å². The standard InChI is InChI=1S/C15H16N4S3/c1-21-13-7-3-11(4-8-13)16-18-15(20)19-17-12-5-9-14(22-2)10-6-12/h3-10,16H,1-2H3,(H,18,20). The fourth-order valence-corrected chi connectivity index (χ4v) is 2.49. The molecule has 2 N–H and O–H groups in total. The molecule has 2 rings (SSSR count). The number of thiocarbonyl (C=S) groups is 1. The van der Waals surface area contributed by atoms with Gasteiger partial charge in [-0.2, -0.15) is 0 Å². The van der Waals surface area contributed by atoms with Crippen molar-refractivity contribution in [3.05, 3.63) is 48.5 Å². The number of nitrogens with zero attached hydrogens (tertiary/aromatic N) is 2. The first kappa shape index (κ1) is 16.8. The van der Waals surface area contributed by atoms with Crippen LogP contribution in [0.3, 0.4) is 0 Å². The van der Waals surface area contributed by atoms with E-state index in [9.17, 15) is 0 Å². The summed E-state index contributed by atoms with van der Waals surface area (Å²) in [5.41, 5.74) is 7.52. The van der Waals surface area contributed by atoms with Gasteiger partial charge in [0.1, 0.15) is 0 Å². The van der Waals surface area contributed by atoms with E-state index in [2.05, 4.69) is 21.1 Å². The molecule has 0 heterocycles. The summed E-state index contributed by atoms with van der Waals surface area (Å²) >= 11 is 8.50. The first-order valence-electron chi connectivity index (χ1n) is 6.47. The van der Waals surface area contributed by atoms with Gasteiger partial charge in [-0.1, -0.05) is 0 Å². The van der Waals surface area contributed by atoms with Crippen molar-refractivity contribution in [2.24, 2.45) is 10.2 Å². The molecule has 0 bridgehead atoms. The van der Waals surface area contributed by atoms with Gasteiger partial charge in [-0.05, 0) is 73.3 Å². The van der Waals surface area contributed by atoms with Crippen LogP contribution in [0.15, 0.2) is 68.6 Å². The van der Waals surface area contributed by atoms with Crippen molar-refractivity contribution in [2.75, 3.05) is 17.9 Å². The lowest BCUT2D eigenvalue weighted by atomic mass is 10.3. The highest BCUT2D eigenvalue weighted by Gasteiger charge is 1.96. The van der Waals surface area contributed by atoms with E-state index in [1.165, 1.54) is 9.79 Å². The maximum atomic E-state index is 5.11. The van der Waals surface area contributed by atoms with Crippen molar-refractivity contribution >= 4 is 52.2 Å². The topological polar surface area (TPSA) is 48.8 Å². The molecule has 2 aromatic carbocycles. The quantitative estimate of drug-likeness (QED) is 0.340. The maximum Gasteiger partial charge on any atom is 0.232 e. The van der Waals surface area contributed by atoms with Crippen LogP contribution in [0.5, 0.6) is 0 Å². The van der Waals surface area contributed by atoms with Crippen molar-refractivity contribution in [3.8, 4) is 0 Å². The van der Waals surface area contributed by atoms with Gasteiger partial charge in [-0.25, -0.2) is 0 Å². The molecule has 0 saturated heterocycles. The Morgan fingerprint density at radius 3 is 2.00 bits per heavy atom. The second kappa shape index (κ2) is 8.77. The Morgan fingerprint density at radius 2 is 1.45 bits per heavy atom. The minimum atomic E-state index is 0.280. The molecule has 0 fully saturated rings. The van der Waals surface area contributed by atoms with Crippen LogP contribution in [0, 0.1) is 0 Å². The van der Waals surface area contributed by atoms with Gasteiger partial charge in [0.2, 0.25) is 5.11 Å². The van der Waals surface area contributed by atoms with Crippen LogP contribution in [0.2, 0.25) is 0 Å². The number of hydrogen-bond donors (Lipinski definition) is 2. The number of anilines is 1. The zero-order chi connectivity index (χ0) is 15.8. The van der Waals surface area contributed by atoms with E-state index in [-0.39, 0.29) is 5.11 Å². The summed E-state index contributed by atoms with van der Waals surface area (Å²) in [6.45, 7) is 0. The van der Waals surface area contributed by atoms with E-state index in [1.807, 2.05) is 61.0 Å². The summed E-state index contributed by atoms with van der Waals surface area (Å²) in [4.78, 5) is 2.40. The fraction of sp³-hybridized carbons (Fsp3) is 0.133. The fourth-order valence-electron chi connectivity index (χ4n) is 1.58. The van der Waals surface area contributed by atoms with E-state index < -0.39 is 0 Å². The van der Waals surface area contributed by atoms with Gasteiger partial charge < -0.3 is 0 Å². The summed E-state index contributed by atoms with van der Waals surface area (Å²) in [7, 11) is 0. The average molecular weight is 349 g/mol. The molecule has 0 atom stereocenters. The largest absolute Gasteiger partial charge is 0.299 e. The molecule has 7 heteroatoms. The summed E-state index contributed by atoms with van der Waals surface area (Å²) in [6.07, 6.45) is 4.08. The Labute approximate surface area is 144 Å². The summed E-state index contributed by atoms with van der Waals surface area (Å²) in [5, 5.41) is 8.34. The zero-order valence-corrected chi connectivity index (χ0v) is 14.7. The normalized spacial score (nSPS) is 10.6. The third-order valence-corrected chi connectivity index (χ3v) is 4.40. The molecule has 0 saturated carbocycles. The predicted molar refractivity (Wildman–Crippen MR) is 100 cm³/mol. The van der Waals surface area contributed by atoms with Crippen molar-refractivity contribution in [3.63, 3.8) is 0 Å². The highest BCUT2D eigenvalue weighted by Crippen LogP contribution is 2.19. The maximum absolute atomic E-state index is 5.11. The third kappa shape index (κ3) is 5.32. The summed E-state index contributed by atoms with van der Waals surface area (Å²) < 4.78 is 0. The first-order valence-corrected chi connectivity index (χ1v) is 9.33. The number of hydrogen-bond acceptors (Lipinski definition) is 5. The van der Waals surface area contributed by atoms with Gasteiger partial charge in [0.15, 0.2) is 0 Å². The SMILES string of the molecule is CSc1ccc(N=NC(=S)NNc2ccc(SC)cc2)cc1. The number of nitrogens with one attached hydrogen (secondary N) is 2. The number of thioether (sulfide) groups is 2. The molecule has 0 aliphatic carbocycles. The minimum absolute atomic E-state index is 0.280. The van der Waals surface area contributed by atoms with Crippen LogP contribution in [0.25, 0.3) is 0 Å². The molecule has 22 heavy (non-hydrogen) atoms. The molecule has 0 radical (unpaired) electrons. The van der Waals surface area contributed by atoms with Gasteiger partial charge in [0.05, 0.1) is 11.4 Å². The van der Waals surface area contributed by atoms with Gasteiger partial charge in [-0.15, -0.1) is 33.8 Å². The Balaban J connectivity index is 1.84. The van der Waals surface area contributed by atoms with Crippen LogP contribution >= 0.6 is 35.7 Å². The lowest BCUT2D eigenvalue weighted by molar-refractivity contribution is 1.09. The van der Waals surface area contributed by atoms with Gasteiger partial charge in [-0.3, -0.25) is 10.9 Å². The van der Waals surface area contributed by atoms with Crippen LogP contribution in [-0.2, 0) is 0 Å². The van der Waals surface area contributed by atoms with Crippen LogP contribution in [0.1, 0.15) is 0 Å². The molecule has 0 aliphatic heterocycles. The zero-order valence-electron chi connectivity index (χ0n) is 12.2. The molecule has 0 aromatic heterocycles. The molecule has 0 spiro atoms. The Bertz CT molecular complexity index is 639. The smallest absolute Gasteiger partial charge is 0.232 e. The first-order chi connectivity index (χ1) is 10.7. The molecule has 0 unspecified atom stereocenters. The summed E-state index contributed by atoms with van der Waals surface area (Å²) in [5.74, 6) is 0. The number of rotatable bonds is 5. The number of benzene rings is 2. The lowest BCUT2D eigenvalue weighted by Gasteiger charge is -2.07. The molecule has 0 amide bonds. The Kier molecular flexibility index (Phi) is 6.70. The molecular weight excluding hydrogens is 332 g/mol. The Hall–Kier alpha value is -1.57. The average Bonchev–Trinajstić information content (AvgIpc) is 2.59. The van der Waals surface area contributed by atoms with Gasteiger partial charge in [0.25, 0.3) is 0 Å². The lowest BCUT2D eigenvalue weighted by Crippen LogP contribution is -2.25. The predicted octanol–water partition coefficient (Wildman–Crippen LogP) is 5.12. The number of azo groups is 1. The van der Waals surface area contributed by atoms with E-state index in [4.69, 9.17) is 12.2 Å². The molecule has 2 aromatic rings. The highest BCUT2D eigenvalue weighted by molar-refractivity contribution is 7.98. The van der Waals surface area contributed by atoms with Crippen molar-refractivity contribution in [1.29, 1.82) is 0 Å². The van der Waals surface area contributed by atoms with Crippen LogP contribution in [0.4, 0.5) is 11.4 Å². The van der Waals surface area contributed by atoms with Crippen LogP contribution < -0.4 is 10.9 Å². The minimum Gasteiger partial charge on any atom is -0.299 e. The Morgan fingerprint density at radius 1 is 0.909 bits per heavy atom. The molecule has 4 nitrogen and oxygen atoms in total. The summed E-state index contributed by atoms with van der Waals surface area (Å²) in [6, 6.07) is 15.8. The van der Waals surface area contributed by atoms with Gasteiger partial charge >= 0.3 is 0 Å². The van der Waals surface area contributed by atoms with Crippen LogP contribution in [-0.4, -0.2) is 17.6 Å². The number of hydrazine groups is 1. The molecule has 0 aliphatic rings. The van der Waals surface area contributed by atoms with Crippen molar-refractivity contribution < 1.29 is 0 Å². The molecule has 114 valence electrons. The van der Waals surface area contributed by atoms with E-state index in [0.29, 0.717) is 0 Å². The second-order valence-electron chi connectivity index (χ2n) is 4.18. The van der Waals surface area contributed by atoms with E-state index in [0.717, 1.165) is 11.4 Å². The van der Waals surface area contributed by atoms with Gasteiger partial charge in [0, 0.05) is 9.79 Å².